The number of nitrogens with one attached hydrogen (secondary N) is 1. The van der Waals surface area contributed by atoms with Gasteiger partial charge in [-0.1, -0.05) is 31.5 Å². The molecule has 4 aromatic rings. The average Bonchev–Trinajstić information content (AvgIpc) is 3.29. The number of pyridine rings is 1. The number of rotatable bonds is 14. The van der Waals surface area contributed by atoms with Crippen molar-refractivity contribution in [3.05, 3.63) is 47.8 Å². The van der Waals surface area contributed by atoms with E-state index in [4.69, 9.17) is 15.9 Å². The van der Waals surface area contributed by atoms with E-state index in [1.54, 1.807) is 0 Å². The lowest BCUT2D eigenvalue weighted by Gasteiger charge is -2.22. The lowest BCUT2D eigenvalue weighted by Crippen LogP contribution is -2.29. The van der Waals surface area contributed by atoms with E-state index in [1.807, 2.05) is 28.0 Å². The van der Waals surface area contributed by atoms with Crippen LogP contribution in [0.25, 0.3) is 21.9 Å². The zero-order chi connectivity index (χ0) is 25.3. The first-order valence-electron chi connectivity index (χ1n) is 12.7. The number of aliphatic hydroxyl groups is 2. The van der Waals surface area contributed by atoms with E-state index >= 15 is 0 Å². The molecular weight excluding hydrogens is 456 g/mol. The molecule has 3 heterocycles. The van der Waals surface area contributed by atoms with Gasteiger partial charge < -0.3 is 26.2 Å². The van der Waals surface area contributed by atoms with E-state index in [-0.39, 0.29) is 19.2 Å². The maximum absolute atomic E-state index is 9.59. The van der Waals surface area contributed by atoms with Crippen LogP contribution in [0.5, 0.6) is 0 Å². The van der Waals surface area contributed by atoms with Crippen LogP contribution in [0.3, 0.4) is 0 Å². The predicted molar refractivity (Wildman–Crippen MR) is 143 cm³/mol. The highest BCUT2D eigenvalue weighted by molar-refractivity contribution is 5.87. The number of fused-ring (bicyclic) bond motifs is 2. The van der Waals surface area contributed by atoms with Gasteiger partial charge in [0.05, 0.1) is 24.9 Å². The Labute approximate surface area is 211 Å². The lowest BCUT2D eigenvalue weighted by atomic mass is 10.0. The molecule has 0 bridgehead atoms. The van der Waals surface area contributed by atoms with E-state index in [0.29, 0.717) is 29.9 Å². The molecule has 0 saturated carbocycles. The Bertz CT molecular complexity index is 1280. The van der Waals surface area contributed by atoms with Gasteiger partial charge in [0.15, 0.2) is 11.3 Å². The van der Waals surface area contributed by atoms with Crippen LogP contribution in [-0.4, -0.2) is 67.8 Å². The highest BCUT2D eigenvalue weighted by Gasteiger charge is 2.17. The summed E-state index contributed by atoms with van der Waals surface area (Å²) in [5, 5.41) is 27.9. The molecule has 0 aliphatic carbocycles. The molecule has 0 spiro atoms. The molecule has 0 amide bonds. The van der Waals surface area contributed by atoms with Crippen molar-refractivity contribution in [2.45, 2.75) is 45.7 Å². The van der Waals surface area contributed by atoms with Crippen LogP contribution in [0.4, 0.5) is 11.8 Å². The molecule has 0 fully saturated rings. The number of anilines is 2. The number of aliphatic hydroxyl groups excluding tert-OH is 2. The van der Waals surface area contributed by atoms with Gasteiger partial charge in [-0.25, -0.2) is 4.98 Å². The number of hydrogen-bond acceptors (Lipinski definition) is 9. The fraction of sp³-hybridized carbons (Fsp3) is 0.462. The van der Waals surface area contributed by atoms with Crippen molar-refractivity contribution in [2.75, 3.05) is 43.5 Å². The molecule has 4 rings (SSSR count). The number of nitrogens with zero attached hydrogens (tertiary/aromatic N) is 6. The Morgan fingerprint density at radius 2 is 1.86 bits per heavy atom. The lowest BCUT2D eigenvalue weighted by molar-refractivity contribution is 0.283. The minimum atomic E-state index is 0.0239. The Kier molecular flexibility index (Phi) is 8.99. The van der Waals surface area contributed by atoms with Crippen molar-refractivity contribution in [3.63, 3.8) is 0 Å². The van der Waals surface area contributed by atoms with Gasteiger partial charge in [-0.3, -0.25) is 9.67 Å². The third-order valence-corrected chi connectivity index (χ3v) is 6.21. The second-order valence-electron chi connectivity index (χ2n) is 8.92. The highest BCUT2D eigenvalue weighted by atomic mass is 16.3. The third kappa shape index (κ3) is 6.07. The monoisotopic (exact) mass is 492 g/mol. The fourth-order valence-corrected chi connectivity index (χ4v) is 4.39. The van der Waals surface area contributed by atoms with Gasteiger partial charge in [-0.15, -0.1) is 0 Å². The largest absolute Gasteiger partial charge is 0.396 e. The minimum absolute atomic E-state index is 0.0239. The SMILES string of the molecule is CCCCN(CCO)c1nc(N)nc2cn(Cc3ccc(CNCCCCO)c4cccnc34)nc12. The molecule has 36 heavy (non-hydrogen) atoms. The highest BCUT2D eigenvalue weighted by Crippen LogP contribution is 2.26. The second kappa shape index (κ2) is 12.6. The molecule has 1 aromatic carbocycles. The molecule has 0 radical (unpaired) electrons. The Morgan fingerprint density at radius 1 is 1.00 bits per heavy atom. The molecule has 0 aliphatic heterocycles. The molecule has 10 nitrogen and oxygen atoms in total. The maximum Gasteiger partial charge on any atom is 0.222 e. The summed E-state index contributed by atoms with van der Waals surface area (Å²) in [6.07, 6.45) is 7.47. The Morgan fingerprint density at radius 3 is 2.67 bits per heavy atom. The summed E-state index contributed by atoms with van der Waals surface area (Å²) in [6, 6.07) is 8.30. The van der Waals surface area contributed by atoms with Gasteiger partial charge in [0.1, 0.15) is 5.52 Å². The number of benzene rings is 1. The van der Waals surface area contributed by atoms with Crippen LogP contribution in [-0.2, 0) is 13.1 Å². The molecule has 0 aliphatic rings. The fourth-order valence-electron chi connectivity index (χ4n) is 4.39. The summed E-state index contributed by atoms with van der Waals surface area (Å²) < 4.78 is 1.86. The van der Waals surface area contributed by atoms with Gasteiger partial charge in [0.2, 0.25) is 5.95 Å². The van der Waals surface area contributed by atoms with Crippen LogP contribution < -0.4 is 16.0 Å². The van der Waals surface area contributed by atoms with E-state index in [1.165, 1.54) is 5.56 Å². The van der Waals surface area contributed by atoms with Gasteiger partial charge in [-0.2, -0.15) is 10.1 Å². The number of nitrogen functional groups attached to an aromatic ring is 1. The van der Waals surface area contributed by atoms with Gasteiger partial charge >= 0.3 is 0 Å². The maximum atomic E-state index is 9.59. The van der Waals surface area contributed by atoms with Crippen LogP contribution in [0.1, 0.15) is 43.7 Å². The summed E-state index contributed by atoms with van der Waals surface area (Å²) in [5.74, 6) is 0.851. The first-order valence-corrected chi connectivity index (χ1v) is 12.7. The second-order valence-corrected chi connectivity index (χ2v) is 8.92. The zero-order valence-corrected chi connectivity index (χ0v) is 20.9. The van der Waals surface area contributed by atoms with Crippen molar-refractivity contribution >= 4 is 33.7 Å². The number of hydrogen-bond donors (Lipinski definition) is 4. The molecule has 0 unspecified atom stereocenters. The average molecular weight is 493 g/mol. The smallest absolute Gasteiger partial charge is 0.222 e. The van der Waals surface area contributed by atoms with E-state index in [9.17, 15) is 5.11 Å². The van der Waals surface area contributed by atoms with Crippen molar-refractivity contribution in [1.29, 1.82) is 0 Å². The van der Waals surface area contributed by atoms with Gasteiger partial charge in [0, 0.05) is 37.8 Å². The Hall–Kier alpha value is -3.34. The van der Waals surface area contributed by atoms with Crippen molar-refractivity contribution in [1.82, 2.24) is 30.0 Å². The predicted octanol–water partition coefficient (Wildman–Crippen LogP) is 2.47. The van der Waals surface area contributed by atoms with E-state index < -0.39 is 0 Å². The summed E-state index contributed by atoms with van der Waals surface area (Å²) in [7, 11) is 0. The van der Waals surface area contributed by atoms with Crippen molar-refractivity contribution in [3.8, 4) is 0 Å². The first kappa shape index (κ1) is 25.7. The molecule has 0 saturated heterocycles. The van der Waals surface area contributed by atoms with Gasteiger partial charge in [-0.05, 0) is 43.0 Å². The van der Waals surface area contributed by atoms with Gasteiger partial charge in [0.25, 0.3) is 0 Å². The normalized spacial score (nSPS) is 11.5. The first-order chi connectivity index (χ1) is 17.6. The molecule has 10 heteroatoms. The number of unbranched alkanes of at least 4 members (excludes halogenated alkanes) is 2. The summed E-state index contributed by atoms with van der Waals surface area (Å²) in [6.45, 7) is 5.75. The van der Waals surface area contributed by atoms with Crippen LogP contribution >= 0.6 is 0 Å². The van der Waals surface area contributed by atoms with Crippen LogP contribution in [0.2, 0.25) is 0 Å². The van der Waals surface area contributed by atoms with Crippen LogP contribution in [0.15, 0.2) is 36.7 Å². The quantitative estimate of drug-likeness (QED) is 0.196. The zero-order valence-electron chi connectivity index (χ0n) is 20.9. The van der Waals surface area contributed by atoms with E-state index in [2.05, 4.69) is 45.4 Å². The van der Waals surface area contributed by atoms with Crippen molar-refractivity contribution in [2.24, 2.45) is 0 Å². The molecule has 0 atom stereocenters. The minimum Gasteiger partial charge on any atom is -0.396 e. The van der Waals surface area contributed by atoms with E-state index in [0.717, 1.165) is 61.8 Å². The molecule has 5 N–H and O–H groups in total. The summed E-state index contributed by atoms with van der Waals surface area (Å²) in [4.78, 5) is 15.6. The number of aromatic nitrogens is 5. The van der Waals surface area contributed by atoms with Crippen LogP contribution in [0, 0.1) is 0 Å². The topological polar surface area (TPSA) is 138 Å². The van der Waals surface area contributed by atoms with Crippen molar-refractivity contribution < 1.29 is 10.2 Å². The Balaban J connectivity index is 1.62. The standard InChI is InChI=1S/C26H36N8O2/c1-2-3-12-33(13-15-36)25-24-22(30-26(27)31-25)18-34(32-24)17-20-9-8-19(16-28-10-4-5-14-35)21-7-6-11-29-23(20)21/h6-9,11,18,28,35-36H,2-5,10,12-17H2,1H3,(H2,27,30). The summed E-state index contributed by atoms with van der Waals surface area (Å²) in [5.41, 5.74) is 10.6. The molecule has 192 valence electrons. The molecular formula is C26H36N8O2. The molecule has 3 aromatic heterocycles. The number of nitrogens with two attached hydrogens (primary N) is 1. The summed E-state index contributed by atoms with van der Waals surface area (Å²) >= 11 is 0. The third-order valence-electron chi connectivity index (χ3n) is 6.21.